The van der Waals surface area contributed by atoms with Gasteiger partial charge in [0.2, 0.25) is 11.8 Å². The van der Waals surface area contributed by atoms with Crippen LogP contribution in [0.2, 0.25) is 0 Å². The van der Waals surface area contributed by atoms with E-state index in [-0.39, 0.29) is 23.7 Å². The van der Waals surface area contributed by atoms with Gasteiger partial charge in [0.05, 0.1) is 12.3 Å². The molecule has 3 rings (SSSR count). The third-order valence-electron chi connectivity index (χ3n) is 5.89. The number of aromatic nitrogens is 2. The first kappa shape index (κ1) is 21.5. The van der Waals surface area contributed by atoms with Crippen molar-refractivity contribution in [2.75, 3.05) is 52.3 Å². The predicted octanol–water partition coefficient (Wildman–Crippen LogP) is 1.99. The summed E-state index contributed by atoms with van der Waals surface area (Å²) in [5.74, 6) is 2.35. The lowest BCUT2D eigenvalue weighted by atomic mass is 9.95. The number of methoxy groups -OCH3 is 1. The summed E-state index contributed by atoms with van der Waals surface area (Å²) < 4.78 is 5.11. The number of piperidine rings is 1. The van der Waals surface area contributed by atoms with E-state index in [0.717, 1.165) is 49.7 Å². The molecule has 8 heteroatoms. The molecule has 0 aromatic carbocycles. The highest BCUT2D eigenvalue weighted by Gasteiger charge is 2.33. The predicted molar refractivity (Wildman–Crippen MR) is 111 cm³/mol. The fourth-order valence-electron chi connectivity index (χ4n) is 4.15. The van der Waals surface area contributed by atoms with Gasteiger partial charge in [0.25, 0.3) is 0 Å². The summed E-state index contributed by atoms with van der Waals surface area (Å²) in [6.45, 7) is 5.40. The van der Waals surface area contributed by atoms with Crippen molar-refractivity contribution in [1.29, 1.82) is 0 Å². The first-order valence-electron chi connectivity index (χ1n) is 10.7. The Morgan fingerprint density at radius 2 is 2.03 bits per heavy atom. The topological polar surface area (TPSA) is 87.7 Å². The highest BCUT2D eigenvalue weighted by Crippen LogP contribution is 2.31. The Hall–Kier alpha value is -2.22. The number of hydrogen-bond donors (Lipinski definition) is 1. The average Bonchev–Trinajstić information content (AvgIpc) is 3.12. The maximum Gasteiger partial charge on any atom is 0.223 e. The maximum absolute atomic E-state index is 12.3. The van der Waals surface area contributed by atoms with Crippen LogP contribution in [0.5, 0.6) is 0 Å². The molecule has 0 spiro atoms. The summed E-state index contributed by atoms with van der Waals surface area (Å²) in [7, 11) is 3.50. The Kier molecular flexibility index (Phi) is 7.41. The van der Waals surface area contributed by atoms with E-state index in [1.165, 1.54) is 0 Å². The van der Waals surface area contributed by atoms with Gasteiger partial charge in [-0.05, 0) is 19.3 Å². The molecule has 0 aliphatic carbocycles. The lowest BCUT2D eigenvalue weighted by Crippen LogP contribution is -2.38. The van der Waals surface area contributed by atoms with E-state index in [0.29, 0.717) is 32.5 Å². The largest absolute Gasteiger partial charge is 0.383 e. The smallest absolute Gasteiger partial charge is 0.223 e. The molecular weight excluding hydrogens is 370 g/mol. The van der Waals surface area contributed by atoms with Crippen LogP contribution < -0.4 is 5.32 Å². The first-order valence-corrected chi connectivity index (χ1v) is 10.7. The SMILES string of the molecule is CCCC(=O)N1CCC(c2nc(NC)cc(C3CC(=O)N(CCOC)C3)n2)CC1. The molecule has 3 heterocycles. The summed E-state index contributed by atoms with van der Waals surface area (Å²) in [5.41, 5.74) is 0.928. The molecule has 0 saturated carbocycles. The second kappa shape index (κ2) is 10.0. The quantitative estimate of drug-likeness (QED) is 0.714. The standard InChI is InChI=1S/C21H33N5O3/c1-4-5-19(27)25-8-6-15(7-9-25)21-23-17(13-18(22-2)24-21)16-12-20(28)26(14-16)10-11-29-3/h13,15-16H,4-12,14H2,1-3H3,(H,22,23,24). The second-order valence-electron chi connectivity index (χ2n) is 7.92. The molecule has 0 radical (unpaired) electrons. The zero-order valence-corrected chi connectivity index (χ0v) is 17.8. The van der Waals surface area contributed by atoms with Crippen LogP contribution in [0.4, 0.5) is 5.82 Å². The molecule has 1 unspecified atom stereocenters. The van der Waals surface area contributed by atoms with Gasteiger partial charge in [0.1, 0.15) is 11.6 Å². The normalized spacial score (nSPS) is 20.4. The van der Waals surface area contributed by atoms with Crippen LogP contribution in [0.15, 0.2) is 6.07 Å². The number of carbonyl (C=O) groups excluding carboxylic acids is 2. The minimum Gasteiger partial charge on any atom is -0.383 e. The van der Waals surface area contributed by atoms with Gasteiger partial charge in [-0.25, -0.2) is 9.97 Å². The van der Waals surface area contributed by atoms with Crippen LogP contribution >= 0.6 is 0 Å². The maximum atomic E-state index is 12.3. The van der Waals surface area contributed by atoms with Crippen molar-refractivity contribution in [3.63, 3.8) is 0 Å². The van der Waals surface area contributed by atoms with E-state index >= 15 is 0 Å². The number of amides is 2. The number of hydrogen-bond acceptors (Lipinski definition) is 6. The van der Waals surface area contributed by atoms with E-state index in [2.05, 4.69) is 5.32 Å². The number of nitrogens with zero attached hydrogens (tertiary/aromatic N) is 4. The number of anilines is 1. The number of nitrogens with one attached hydrogen (secondary N) is 1. The molecule has 29 heavy (non-hydrogen) atoms. The van der Waals surface area contributed by atoms with E-state index < -0.39 is 0 Å². The molecule has 1 atom stereocenters. The van der Waals surface area contributed by atoms with Gasteiger partial charge < -0.3 is 19.9 Å². The fraction of sp³-hybridized carbons (Fsp3) is 0.714. The third kappa shape index (κ3) is 5.23. The van der Waals surface area contributed by atoms with Crippen LogP contribution in [0.3, 0.4) is 0 Å². The minimum atomic E-state index is 0.0828. The second-order valence-corrected chi connectivity index (χ2v) is 7.92. The van der Waals surface area contributed by atoms with Crippen molar-refractivity contribution < 1.29 is 14.3 Å². The molecular formula is C21H33N5O3. The van der Waals surface area contributed by atoms with Gasteiger partial charge in [0.15, 0.2) is 0 Å². The summed E-state index contributed by atoms with van der Waals surface area (Å²) in [6, 6.07) is 1.96. The lowest BCUT2D eigenvalue weighted by Gasteiger charge is -2.31. The van der Waals surface area contributed by atoms with Crippen LogP contribution in [-0.4, -0.2) is 78.5 Å². The molecule has 160 valence electrons. The van der Waals surface area contributed by atoms with Crippen molar-refractivity contribution in [3.8, 4) is 0 Å². The Bertz CT molecular complexity index is 718. The van der Waals surface area contributed by atoms with Crippen LogP contribution in [0, 0.1) is 0 Å². The monoisotopic (exact) mass is 403 g/mol. The summed E-state index contributed by atoms with van der Waals surface area (Å²) in [5, 5.41) is 3.14. The molecule has 2 fully saturated rings. The molecule has 1 N–H and O–H groups in total. The lowest BCUT2D eigenvalue weighted by molar-refractivity contribution is -0.132. The van der Waals surface area contributed by atoms with Crippen LogP contribution in [0.1, 0.15) is 62.4 Å². The van der Waals surface area contributed by atoms with E-state index in [1.54, 1.807) is 7.11 Å². The number of rotatable bonds is 8. The molecule has 2 amide bonds. The van der Waals surface area contributed by atoms with Crippen molar-refractivity contribution in [2.24, 2.45) is 0 Å². The summed E-state index contributed by atoms with van der Waals surface area (Å²) in [4.78, 5) is 37.9. The molecule has 2 aliphatic rings. The van der Waals surface area contributed by atoms with Gasteiger partial charge in [0, 0.05) is 71.1 Å². The van der Waals surface area contributed by atoms with Crippen LogP contribution in [0.25, 0.3) is 0 Å². The molecule has 1 aromatic heterocycles. The van der Waals surface area contributed by atoms with Crippen LogP contribution in [-0.2, 0) is 14.3 Å². The van der Waals surface area contributed by atoms with Crippen molar-refractivity contribution in [3.05, 3.63) is 17.6 Å². The van der Waals surface area contributed by atoms with E-state index in [1.807, 2.05) is 29.8 Å². The van der Waals surface area contributed by atoms with Gasteiger partial charge >= 0.3 is 0 Å². The minimum absolute atomic E-state index is 0.0828. The molecule has 0 bridgehead atoms. The first-order chi connectivity index (χ1) is 14.0. The van der Waals surface area contributed by atoms with E-state index in [4.69, 9.17) is 14.7 Å². The number of ether oxygens (including phenoxy) is 1. The Morgan fingerprint density at radius 1 is 1.28 bits per heavy atom. The fourth-order valence-corrected chi connectivity index (χ4v) is 4.15. The Balaban J connectivity index is 1.70. The average molecular weight is 404 g/mol. The van der Waals surface area contributed by atoms with Gasteiger partial charge in [-0.1, -0.05) is 6.92 Å². The Morgan fingerprint density at radius 3 is 2.69 bits per heavy atom. The van der Waals surface area contributed by atoms with Crippen molar-refractivity contribution >= 4 is 17.6 Å². The van der Waals surface area contributed by atoms with Crippen molar-refractivity contribution in [1.82, 2.24) is 19.8 Å². The highest BCUT2D eigenvalue weighted by atomic mass is 16.5. The van der Waals surface area contributed by atoms with Gasteiger partial charge in [-0.15, -0.1) is 0 Å². The van der Waals surface area contributed by atoms with Gasteiger partial charge in [-0.3, -0.25) is 9.59 Å². The Labute approximate surface area is 173 Å². The third-order valence-corrected chi connectivity index (χ3v) is 5.89. The summed E-state index contributed by atoms with van der Waals surface area (Å²) in [6.07, 6.45) is 3.75. The van der Waals surface area contributed by atoms with E-state index in [9.17, 15) is 9.59 Å². The van der Waals surface area contributed by atoms with Crippen molar-refractivity contribution in [2.45, 2.75) is 50.9 Å². The zero-order valence-electron chi connectivity index (χ0n) is 17.8. The number of likely N-dealkylation sites (tertiary alicyclic amines) is 2. The molecule has 8 nitrogen and oxygen atoms in total. The zero-order chi connectivity index (χ0) is 20.8. The van der Waals surface area contributed by atoms with Gasteiger partial charge in [-0.2, -0.15) is 0 Å². The molecule has 2 aliphatic heterocycles. The number of carbonyl (C=O) groups is 2. The molecule has 1 aromatic rings. The summed E-state index contributed by atoms with van der Waals surface area (Å²) >= 11 is 0. The molecule has 2 saturated heterocycles. The highest BCUT2D eigenvalue weighted by molar-refractivity contribution is 5.79.